The highest BCUT2D eigenvalue weighted by molar-refractivity contribution is 7.86. The van der Waals surface area contributed by atoms with Crippen LogP contribution in [0, 0.1) is 0 Å². The molecule has 0 aliphatic heterocycles. The number of unbranched alkanes of at least 4 members (excludes halogenated alkanes) is 21. The fraction of sp³-hybridized carbons (Fsp3) is 0.571. The Morgan fingerprint density at radius 3 is 0.921 bits per heavy atom. The van der Waals surface area contributed by atoms with Gasteiger partial charge in [0.1, 0.15) is 0 Å². The van der Waals surface area contributed by atoms with Gasteiger partial charge in [-0.15, -0.1) is 0 Å². The molecule has 0 N–H and O–H groups in total. The molecule has 63 heavy (non-hydrogen) atoms. The molecule has 6 aromatic rings. The lowest BCUT2D eigenvalue weighted by molar-refractivity contribution is 0.170. The van der Waals surface area contributed by atoms with E-state index in [0.717, 1.165) is 88.3 Å². The van der Waals surface area contributed by atoms with Crippen LogP contribution in [-0.4, -0.2) is 28.4 Å². The molecule has 0 bridgehead atoms. The Labute approximate surface area is 381 Å². The van der Waals surface area contributed by atoms with Gasteiger partial charge in [-0.1, -0.05) is 210 Å². The van der Waals surface area contributed by atoms with Gasteiger partial charge in [0.15, 0.2) is 5.60 Å². The summed E-state index contributed by atoms with van der Waals surface area (Å²) >= 11 is 0. The van der Waals surface area contributed by atoms with E-state index in [1.807, 2.05) is 0 Å². The van der Waals surface area contributed by atoms with E-state index in [2.05, 4.69) is 126 Å². The van der Waals surface area contributed by atoms with Crippen LogP contribution in [0.5, 0.6) is 0 Å². The topological polar surface area (TPSA) is 58.2 Å². The molecular formula is C56H81N3O3S. The van der Waals surface area contributed by atoms with Crippen molar-refractivity contribution in [3.63, 3.8) is 0 Å². The molecule has 6 rings (SSSR count). The molecule has 344 valence electrons. The molecule has 0 saturated carbocycles. The number of hydrogen-bond acceptors (Lipinski definition) is 3. The smallest absolute Gasteiger partial charge is 0.265 e. The third-order valence-electron chi connectivity index (χ3n) is 13.5. The van der Waals surface area contributed by atoms with Crippen molar-refractivity contribution in [1.82, 2.24) is 13.7 Å². The van der Waals surface area contributed by atoms with E-state index in [0.29, 0.717) is 0 Å². The summed E-state index contributed by atoms with van der Waals surface area (Å²) in [5, 5.41) is 3.08. The molecule has 0 spiro atoms. The molecule has 0 amide bonds. The first kappa shape index (κ1) is 48.6. The number of hydrogen-bond donors (Lipinski definition) is 0. The molecule has 6 nitrogen and oxygen atoms in total. The second-order valence-corrected chi connectivity index (χ2v) is 20.2. The molecule has 3 heterocycles. The summed E-state index contributed by atoms with van der Waals surface area (Å²) in [4.78, 5) is 0. The lowest BCUT2D eigenvalue weighted by Gasteiger charge is -2.33. The van der Waals surface area contributed by atoms with E-state index in [4.69, 9.17) is 4.18 Å². The number of para-hydroxylation sites is 3. The minimum absolute atomic E-state index is 0.866. The standard InChI is InChI=1S/C56H81N3O3S/c1-5-8-11-14-17-20-23-32-41-57-44-50(47-35-26-29-38-53(47)57)56(62-63(4,60)61,51-45-58(54-39-30-27-36-48(51)54)42-33-24-21-18-15-12-9-6-2)52-46-59(55-40-31-28-37-49(52)55)43-34-25-22-19-16-13-10-7-3/h26-31,35-40,44-46H,5-25,32-34,41-43H2,1-4H3. The number of benzene rings is 3. The molecule has 0 saturated heterocycles. The highest BCUT2D eigenvalue weighted by Gasteiger charge is 2.47. The van der Waals surface area contributed by atoms with Gasteiger partial charge in [0.2, 0.25) is 0 Å². The maximum absolute atomic E-state index is 14.2. The van der Waals surface area contributed by atoms with Gasteiger partial charge >= 0.3 is 0 Å². The highest BCUT2D eigenvalue weighted by Crippen LogP contribution is 2.50. The molecule has 0 unspecified atom stereocenters. The predicted molar refractivity (Wildman–Crippen MR) is 269 cm³/mol. The number of rotatable bonds is 32. The summed E-state index contributed by atoms with van der Waals surface area (Å²) in [6.45, 7) is 9.42. The van der Waals surface area contributed by atoms with Gasteiger partial charge in [0.05, 0.1) is 6.26 Å². The van der Waals surface area contributed by atoms with Crippen LogP contribution in [0.1, 0.15) is 192 Å². The predicted octanol–water partition coefficient (Wildman–Crippen LogP) is 16.2. The van der Waals surface area contributed by atoms with Crippen LogP contribution in [0.25, 0.3) is 32.7 Å². The fourth-order valence-electron chi connectivity index (χ4n) is 10.2. The van der Waals surface area contributed by atoms with Crippen molar-refractivity contribution in [2.45, 2.75) is 200 Å². The lowest BCUT2D eigenvalue weighted by Crippen LogP contribution is -2.35. The molecule has 3 aromatic heterocycles. The normalized spacial score (nSPS) is 12.4. The average molecular weight is 876 g/mol. The summed E-state index contributed by atoms with van der Waals surface area (Å²) in [5.74, 6) is 0. The first-order valence-corrected chi connectivity index (χ1v) is 27.3. The minimum atomic E-state index is -4.03. The summed E-state index contributed by atoms with van der Waals surface area (Å²) < 4.78 is 42.4. The van der Waals surface area contributed by atoms with Crippen LogP contribution >= 0.6 is 0 Å². The fourth-order valence-corrected chi connectivity index (χ4v) is 10.9. The Balaban J connectivity index is 1.46. The van der Waals surface area contributed by atoms with Crippen LogP contribution in [-0.2, 0) is 39.5 Å². The Bertz CT molecular complexity index is 2130. The van der Waals surface area contributed by atoms with Crippen molar-refractivity contribution >= 4 is 42.8 Å². The summed E-state index contributed by atoms with van der Waals surface area (Å²) in [5.41, 5.74) is 4.52. The van der Waals surface area contributed by atoms with Gasteiger partial charge in [-0.25, -0.2) is 4.18 Å². The van der Waals surface area contributed by atoms with Crippen LogP contribution < -0.4 is 0 Å². The summed E-state index contributed by atoms with van der Waals surface area (Å²) in [6.07, 6.45) is 38.0. The monoisotopic (exact) mass is 876 g/mol. The van der Waals surface area contributed by atoms with Gasteiger partial charge in [0, 0.05) is 87.6 Å². The zero-order valence-electron chi connectivity index (χ0n) is 39.7. The summed E-state index contributed by atoms with van der Waals surface area (Å²) in [7, 11) is -4.03. The van der Waals surface area contributed by atoms with E-state index in [-0.39, 0.29) is 0 Å². The van der Waals surface area contributed by atoms with Crippen molar-refractivity contribution in [1.29, 1.82) is 0 Å². The molecule has 0 atom stereocenters. The minimum Gasteiger partial charge on any atom is -0.347 e. The van der Waals surface area contributed by atoms with Gasteiger partial charge in [-0.2, -0.15) is 8.42 Å². The molecular weight excluding hydrogens is 795 g/mol. The first-order valence-electron chi connectivity index (χ1n) is 25.5. The highest BCUT2D eigenvalue weighted by atomic mass is 32.2. The van der Waals surface area contributed by atoms with E-state index < -0.39 is 15.7 Å². The number of aryl methyl sites for hydroxylation is 3. The molecule has 0 aliphatic carbocycles. The van der Waals surface area contributed by atoms with Crippen molar-refractivity contribution in [3.8, 4) is 0 Å². The van der Waals surface area contributed by atoms with Crippen LogP contribution in [0.4, 0.5) is 0 Å². The van der Waals surface area contributed by atoms with E-state index in [9.17, 15) is 8.42 Å². The average Bonchev–Trinajstić information content (AvgIpc) is 3.98. The quantitative estimate of drug-likeness (QED) is 0.0313. The van der Waals surface area contributed by atoms with Crippen molar-refractivity contribution < 1.29 is 12.6 Å². The Kier molecular flexibility index (Phi) is 19.3. The van der Waals surface area contributed by atoms with Crippen molar-refractivity contribution in [2.24, 2.45) is 0 Å². The SMILES string of the molecule is CCCCCCCCCCn1cc(C(OS(C)(=O)=O)(c2cn(CCCCCCCCCC)c3ccccc23)c2cn(CCCCCCCCCC)c3ccccc23)c2ccccc21. The van der Waals surface area contributed by atoms with E-state index >= 15 is 0 Å². The van der Waals surface area contributed by atoms with E-state index in [1.54, 1.807) is 0 Å². The van der Waals surface area contributed by atoms with Gasteiger partial charge in [0.25, 0.3) is 10.1 Å². The number of fused-ring (bicyclic) bond motifs is 3. The van der Waals surface area contributed by atoms with Crippen LogP contribution in [0.2, 0.25) is 0 Å². The Hall–Kier alpha value is -3.81. The largest absolute Gasteiger partial charge is 0.347 e. The van der Waals surface area contributed by atoms with Gasteiger partial charge in [-0.05, 0) is 37.5 Å². The molecule has 7 heteroatoms. The molecule has 3 aromatic carbocycles. The molecule has 0 radical (unpaired) electrons. The summed E-state index contributed by atoms with van der Waals surface area (Å²) in [6, 6.07) is 25.7. The van der Waals surface area contributed by atoms with Crippen LogP contribution in [0.15, 0.2) is 91.4 Å². The third kappa shape index (κ3) is 12.9. The van der Waals surface area contributed by atoms with Crippen molar-refractivity contribution in [2.75, 3.05) is 6.26 Å². The number of aromatic nitrogens is 3. The molecule has 0 aliphatic rings. The molecule has 0 fully saturated rings. The third-order valence-corrected chi connectivity index (χ3v) is 14.1. The zero-order valence-corrected chi connectivity index (χ0v) is 40.5. The van der Waals surface area contributed by atoms with Crippen LogP contribution in [0.3, 0.4) is 0 Å². The second-order valence-electron chi connectivity index (χ2n) is 18.7. The van der Waals surface area contributed by atoms with E-state index in [1.165, 1.54) is 141 Å². The second kappa shape index (κ2) is 25.0. The lowest BCUT2D eigenvalue weighted by atomic mass is 9.80. The Morgan fingerprint density at radius 1 is 0.397 bits per heavy atom. The first-order chi connectivity index (χ1) is 30.8. The van der Waals surface area contributed by atoms with Gasteiger partial charge < -0.3 is 13.7 Å². The van der Waals surface area contributed by atoms with Gasteiger partial charge in [-0.3, -0.25) is 0 Å². The Morgan fingerprint density at radius 2 is 0.651 bits per heavy atom. The van der Waals surface area contributed by atoms with Crippen molar-refractivity contribution in [3.05, 3.63) is 108 Å². The maximum atomic E-state index is 14.2. The number of nitrogens with zero attached hydrogens (tertiary/aromatic N) is 3. The maximum Gasteiger partial charge on any atom is 0.265 e. The zero-order chi connectivity index (χ0) is 44.3.